The average molecular weight is 412 g/mol. The molecule has 0 aliphatic rings. The van der Waals surface area contributed by atoms with Crippen LogP contribution in [0.25, 0.3) is 50.3 Å². The Bertz CT molecular complexity index is 1570. The van der Waals surface area contributed by atoms with Crippen molar-refractivity contribution in [3.05, 3.63) is 109 Å². The van der Waals surface area contributed by atoms with Crippen LogP contribution in [0.5, 0.6) is 0 Å². The minimum absolute atomic E-state index is 0.692. The van der Waals surface area contributed by atoms with Crippen LogP contribution >= 0.6 is 0 Å². The molecule has 32 heavy (non-hydrogen) atoms. The maximum atomic E-state index is 4.88. The van der Waals surface area contributed by atoms with Gasteiger partial charge in [-0.25, -0.2) is 15.0 Å². The van der Waals surface area contributed by atoms with Gasteiger partial charge in [0.15, 0.2) is 11.6 Å². The maximum Gasteiger partial charge on any atom is 0.164 e. The number of rotatable bonds is 3. The van der Waals surface area contributed by atoms with E-state index >= 15 is 0 Å². The molecule has 6 rings (SSSR count). The number of aromatic nitrogens is 4. The maximum absolute atomic E-state index is 4.88. The Morgan fingerprint density at radius 2 is 1.22 bits per heavy atom. The summed E-state index contributed by atoms with van der Waals surface area (Å²) in [7, 11) is 0. The molecule has 2 heterocycles. The highest BCUT2D eigenvalue weighted by atomic mass is 15.0. The minimum atomic E-state index is 0.692. The van der Waals surface area contributed by atoms with Gasteiger partial charge in [0.05, 0.1) is 11.0 Å². The first-order valence-corrected chi connectivity index (χ1v) is 10.7. The second kappa shape index (κ2) is 7.43. The first-order chi connectivity index (χ1) is 15.8. The van der Waals surface area contributed by atoms with Gasteiger partial charge in [-0.05, 0) is 31.2 Å². The summed E-state index contributed by atoms with van der Waals surface area (Å²) in [5.41, 5.74) is 5.42. The topological polar surface area (TPSA) is 43.6 Å². The van der Waals surface area contributed by atoms with E-state index in [4.69, 9.17) is 9.97 Å². The summed E-state index contributed by atoms with van der Waals surface area (Å²) >= 11 is 0. The lowest BCUT2D eigenvalue weighted by Crippen LogP contribution is -2.00. The number of nitrogens with zero attached hydrogens (tertiary/aromatic N) is 4. The molecule has 6 aromatic rings. The number of hydrogen-bond donors (Lipinski definition) is 0. The summed E-state index contributed by atoms with van der Waals surface area (Å²) in [5.74, 6) is 2.09. The number of hydrogen-bond acceptors (Lipinski definition) is 3. The zero-order chi connectivity index (χ0) is 21.5. The average Bonchev–Trinajstić information content (AvgIpc) is 3.19. The highest BCUT2D eigenvalue weighted by Crippen LogP contribution is 2.37. The predicted octanol–water partition coefficient (Wildman–Crippen LogP) is 6.61. The monoisotopic (exact) mass is 412 g/mol. The zero-order valence-electron chi connectivity index (χ0n) is 17.6. The molecule has 0 aliphatic carbocycles. The molecule has 0 saturated heterocycles. The van der Waals surface area contributed by atoms with Crippen LogP contribution < -0.4 is 0 Å². The van der Waals surface area contributed by atoms with Gasteiger partial charge in [0.25, 0.3) is 0 Å². The third-order valence-corrected chi connectivity index (χ3v) is 5.73. The van der Waals surface area contributed by atoms with Gasteiger partial charge in [0, 0.05) is 27.6 Å². The normalized spacial score (nSPS) is 11.3. The molecule has 0 fully saturated rings. The Morgan fingerprint density at radius 3 is 2.03 bits per heavy atom. The van der Waals surface area contributed by atoms with Crippen molar-refractivity contribution in [2.75, 3.05) is 0 Å². The van der Waals surface area contributed by atoms with E-state index < -0.39 is 0 Å². The summed E-state index contributed by atoms with van der Waals surface area (Å²) in [6.07, 6.45) is 0. The Balaban J connectivity index is 1.67. The third kappa shape index (κ3) is 2.96. The van der Waals surface area contributed by atoms with Crippen molar-refractivity contribution in [2.45, 2.75) is 6.92 Å². The predicted molar refractivity (Wildman–Crippen MR) is 130 cm³/mol. The molecule has 0 unspecified atom stereocenters. The van der Waals surface area contributed by atoms with E-state index in [2.05, 4.69) is 76.3 Å². The molecule has 0 saturated carbocycles. The Hall–Kier alpha value is -4.31. The molecule has 0 bridgehead atoms. The first kappa shape index (κ1) is 18.5. The van der Waals surface area contributed by atoms with Gasteiger partial charge < -0.3 is 4.57 Å². The van der Waals surface area contributed by atoms with Crippen molar-refractivity contribution < 1.29 is 0 Å². The molecule has 152 valence electrons. The number of aryl methyl sites for hydroxylation is 1. The molecule has 4 aromatic carbocycles. The lowest BCUT2D eigenvalue weighted by Gasteiger charge is -2.09. The van der Waals surface area contributed by atoms with Crippen LogP contribution in [-0.2, 0) is 0 Å². The van der Waals surface area contributed by atoms with E-state index in [0.29, 0.717) is 17.5 Å². The van der Waals surface area contributed by atoms with Gasteiger partial charge >= 0.3 is 0 Å². The standard InChI is InChI=1S/C28H20N4/c1-19-29-27(20-11-4-2-5-12-20)31-28(30-19)23-16-10-18-25-26(23)22-15-8-9-17-24(22)32(25)21-13-6-3-7-14-21/h2-18H,1H3. The molecule has 4 nitrogen and oxygen atoms in total. The van der Waals surface area contributed by atoms with E-state index in [0.717, 1.165) is 33.2 Å². The van der Waals surface area contributed by atoms with E-state index in [1.54, 1.807) is 0 Å². The summed E-state index contributed by atoms with van der Waals surface area (Å²) in [6.45, 7) is 1.92. The largest absolute Gasteiger partial charge is 0.309 e. The highest BCUT2D eigenvalue weighted by molar-refractivity contribution is 6.15. The number of benzene rings is 4. The van der Waals surface area contributed by atoms with Gasteiger partial charge in [-0.3, -0.25) is 0 Å². The molecule has 4 heteroatoms. The van der Waals surface area contributed by atoms with Crippen LogP contribution in [0.3, 0.4) is 0 Å². The Morgan fingerprint density at radius 1 is 0.562 bits per heavy atom. The number of fused-ring (bicyclic) bond motifs is 3. The van der Waals surface area contributed by atoms with Crippen molar-refractivity contribution in [2.24, 2.45) is 0 Å². The van der Waals surface area contributed by atoms with Crippen molar-refractivity contribution in [1.29, 1.82) is 0 Å². The van der Waals surface area contributed by atoms with Crippen molar-refractivity contribution >= 4 is 21.8 Å². The van der Waals surface area contributed by atoms with Crippen LogP contribution in [0.15, 0.2) is 103 Å². The fourth-order valence-corrected chi connectivity index (χ4v) is 4.38. The fraction of sp³-hybridized carbons (Fsp3) is 0.0357. The molecule has 2 aromatic heterocycles. The smallest absolute Gasteiger partial charge is 0.164 e. The molecule has 0 spiro atoms. The van der Waals surface area contributed by atoms with Crippen molar-refractivity contribution in [1.82, 2.24) is 19.5 Å². The molecule has 0 aliphatic heterocycles. The van der Waals surface area contributed by atoms with E-state index in [-0.39, 0.29) is 0 Å². The highest BCUT2D eigenvalue weighted by Gasteiger charge is 2.18. The van der Waals surface area contributed by atoms with E-state index in [1.165, 1.54) is 5.39 Å². The molecular formula is C28H20N4. The van der Waals surface area contributed by atoms with Crippen molar-refractivity contribution in [3.63, 3.8) is 0 Å². The van der Waals surface area contributed by atoms with Crippen LogP contribution in [0.4, 0.5) is 0 Å². The van der Waals surface area contributed by atoms with Crippen LogP contribution in [0, 0.1) is 6.92 Å². The second-order valence-electron chi connectivity index (χ2n) is 7.78. The van der Waals surface area contributed by atoms with Crippen LogP contribution in [0.2, 0.25) is 0 Å². The Labute approximate surface area is 185 Å². The third-order valence-electron chi connectivity index (χ3n) is 5.73. The van der Waals surface area contributed by atoms with Gasteiger partial charge in [0.2, 0.25) is 0 Å². The first-order valence-electron chi connectivity index (χ1n) is 10.7. The summed E-state index contributed by atoms with van der Waals surface area (Å²) < 4.78 is 2.31. The lowest BCUT2D eigenvalue weighted by atomic mass is 10.1. The molecule has 0 radical (unpaired) electrons. The van der Waals surface area contributed by atoms with Gasteiger partial charge in [0.1, 0.15) is 5.82 Å². The van der Waals surface area contributed by atoms with Gasteiger partial charge in [-0.2, -0.15) is 0 Å². The lowest BCUT2D eigenvalue weighted by molar-refractivity contribution is 0.993. The fourth-order valence-electron chi connectivity index (χ4n) is 4.38. The van der Waals surface area contributed by atoms with Gasteiger partial charge in [-0.1, -0.05) is 78.9 Å². The Kier molecular flexibility index (Phi) is 4.29. The van der Waals surface area contributed by atoms with Crippen molar-refractivity contribution in [3.8, 4) is 28.5 Å². The molecule has 0 atom stereocenters. The quantitative estimate of drug-likeness (QED) is 0.328. The summed E-state index contributed by atoms with van der Waals surface area (Å²) in [6, 6.07) is 35.4. The van der Waals surface area contributed by atoms with Gasteiger partial charge in [-0.15, -0.1) is 0 Å². The second-order valence-corrected chi connectivity index (χ2v) is 7.78. The summed E-state index contributed by atoms with van der Waals surface area (Å²) in [4.78, 5) is 14.2. The van der Waals surface area contributed by atoms with Crippen LogP contribution in [0.1, 0.15) is 5.82 Å². The van der Waals surface area contributed by atoms with E-state index in [9.17, 15) is 0 Å². The van der Waals surface area contributed by atoms with Crippen LogP contribution in [-0.4, -0.2) is 19.5 Å². The number of para-hydroxylation sites is 2. The minimum Gasteiger partial charge on any atom is -0.309 e. The summed E-state index contributed by atoms with van der Waals surface area (Å²) in [5, 5.41) is 2.33. The molecule has 0 N–H and O–H groups in total. The molecular weight excluding hydrogens is 392 g/mol. The SMILES string of the molecule is Cc1nc(-c2ccccc2)nc(-c2cccc3c2c2ccccc2n3-c2ccccc2)n1. The molecule has 0 amide bonds. The zero-order valence-corrected chi connectivity index (χ0v) is 17.6. The van der Waals surface area contributed by atoms with E-state index in [1.807, 2.05) is 43.3 Å².